The highest BCUT2D eigenvalue weighted by Crippen LogP contribution is 2.39. The van der Waals surface area contributed by atoms with Gasteiger partial charge in [-0.3, -0.25) is 9.79 Å². The number of anilines is 1. The minimum Gasteiger partial charge on any atom is -0.457 e. The number of aliphatic imine (C=N–C) groups is 1. The number of carbonyl (C=O) groups is 1. The Balaban J connectivity index is 0.00000176. The summed E-state index contributed by atoms with van der Waals surface area (Å²) in [6.07, 6.45) is -9.33. The summed E-state index contributed by atoms with van der Waals surface area (Å²) in [5.74, 6) is -0.389. The summed E-state index contributed by atoms with van der Waals surface area (Å²) in [5.41, 5.74) is -0.982. The average Bonchev–Trinajstić information content (AvgIpc) is 2.97. The summed E-state index contributed by atoms with van der Waals surface area (Å²) in [6, 6.07) is 12.7. The number of rotatable bonds is 3. The number of alkyl halides is 6. The lowest BCUT2D eigenvalue weighted by Crippen LogP contribution is -2.15. The van der Waals surface area contributed by atoms with Gasteiger partial charge < -0.3 is 10.1 Å². The maximum atomic E-state index is 13.2. The Morgan fingerprint density at radius 3 is 2.14 bits per heavy atom. The van der Waals surface area contributed by atoms with Gasteiger partial charge >= 0.3 is 12.4 Å². The first-order chi connectivity index (χ1) is 16.9. The molecular weight excluding hydrogens is 486 g/mol. The molecule has 3 aromatic carbocycles. The number of ether oxygens (including phenoxy) is 1. The van der Waals surface area contributed by atoms with Crippen molar-refractivity contribution in [3.63, 3.8) is 0 Å². The first kappa shape index (κ1) is 26.8. The van der Waals surface area contributed by atoms with Crippen LogP contribution in [0.2, 0.25) is 0 Å². The molecule has 1 amide bonds. The van der Waals surface area contributed by atoms with E-state index in [9.17, 15) is 31.1 Å². The molecule has 10 heteroatoms. The van der Waals surface area contributed by atoms with E-state index in [1.165, 1.54) is 37.3 Å². The predicted octanol–water partition coefficient (Wildman–Crippen LogP) is 8.31. The molecule has 0 bridgehead atoms. The van der Waals surface area contributed by atoms with Gasteiger partial charge in [-0.2, -0.15) is 26.3 Å². The van der Waals surface area contributed by atoms with Crippen LogP contribution in [0, 0.1) is 6.92 Å². The summed E-state index contributed by atoms with van der Waals surface area (Å²) in [7, 11) is 0. The quantitative estimate of drug-likeness (QED) is 0.362. The molecule has 1 aliphatic rings. The van der Waals surface area contributed by atoms with Crippen LogP contribution < -0.4 is 10.1 Å². The number of aryl methyl sites for hydroxylation is 1. The zero-order chi connectivity index (χ0) is 26.7. The van der Waals surface area contributed by atoms with Crippen LogP contribution in [-0.2, 0) is 17.1 Å². The van der Waals surface area contributed by atoms with Crippen LogP contribution in [0.15, 0.2) is 65.7 Å². The molecule has 1 heterocycles. The second-order valence-corrected chi connectivity index (χ2v) is 7.62. The first-order valence-electron chi connectivity index (χ1n) is 10.9. The Hall–Kier alpha value is -3.82. The summed E-state index contributed by atoms with van der Waals surface area (Å²) in [6.45, 7) is 5.30. The highest BCUT2D eigenvalue weighted by atomic mass is 19.4. The number of fused-ring (bicyclic) bond motifs is 1. The Bertz CT molecular complexity index is 1300. The van der Waals surface area contributed by atoms with Crippen LogP contribution >= 0.6 is 0 Å². The number of carbonyl (C=O) groups excluding carboxylic acids is 1. The number of amides is 1. The SMILES string of the molecule is CC.Cc1cc2c(cc1C(F)(F)F)NC(=O)CC(c1cccc(Oc3cccc(C(F)(F)F)c3)c1)=N2. The van der Waals surface area contributed by atoms with Gasteiger partial charge in [-0.05, 0) is 55.0 Å². The van der Waals surface area contributed by atoms with Gasteiger partial charge in [0.2, 0.25) is 5.91 Å². The fraction of sp³-hybridized carbons (Fsp3) is 0.231. The number of nitrogens with zero attached hydrogens (tertiary/aromatic N) is 1. The summed E-state index contributed by atoms with van der Waals surface area (Å²) in [5, 5.41) is 2.45. The third-order valence-electron chi connectivity index (χ3n) is 5.07. The zero-order valence-electron chi connectivity index (χ0n) is 19.5. The van der Waals surface area contributed by atoms with E-state index in [1.807, 2.05) is 13.8 Å². The highest BCUT2D eigenvalue weighted by Gasteiger charge is 2.34. The van der Waals surface area contributed by atoms with Gasteiger partial charge in [-0.25, -0.2) is 0 Å². The third kappa shape index (κ3) is 6.24. The minimum absolute atomic E-state index is 0.0341. The Morgan fingerprint density at radius 2 is 1.50 bits per heavy atom. The molecule has 1 N–H and O–H groups in total. The molecule has 0 saturated carbocycles. The second-order valence-electron chi connectivity index (χ2n) is 7.62. The normalized spacial score (nSPS) is 13.5. The number of nitrogens with one attached hydrogen (secondary N) is 1. The number of hydrogen-bond donors (Lipinski definition) is 1. The number of halogens is 6. The molecule has 4 nitrogen and oxygen atoms in total. The van der Waals surface area contributed by atoms with E-state index in [1.54, 1.807) is 12.1 Å². The highest BCUT2D eigenvalue weighted by molar-refractivity contribution is 6.17. The minimum atomic E-state index is -4.59. The predicted molar refractivity (Wildman–Crippen MR) is 125 cm³/mol. The van der Waals surface area contributed by atoms with Crippen molar-refractivity contribution in [3.8, 4) is 11.5 Å². The van der Waals surface area contributed by atoms with Crippen molar-refractivity contribution in [2.45, 2.75) is 39.5 Å². The third-order valence-corrected chi connectivity index (χ3v) is 5.07. The van der Waals surface area contributed by atoms with Crippen LogP contribution in [0.4, 0.5) is 37.7 Å². The van der Waals surface area contributed by atoms with Gasteiger partial charge in [0.05, 0.1) is 34.6 Å². The van der Waals surface area contributed by atoms with Crippen molar-refractivity contribution >= 4 is 23.0 Å². The van der Waals surface area contributed by atoms with Crippen molar-refractivity contribution in [2.75, 3.05) is 5.32 Å². The lowest BCUT2D eigenvalue weighted by atomic mass is 10.1. The molecule has 0 radical (unpaired) electrons. The monoisotopic (exact) mass is 508 g/mol. The molecule has 0 aliphatic carbocycles. The van der Waals surface area contributed by atoms with E-state index in [2.05, 4.69) is 10.3 Å². The largest absolute Gasteiger partial charge is 0.457 e. The summed E-state index contributed by atoms with van der Waals surface area (Å²) >= 11 is 0. The van der Waals surface area contributed by atoms with Crippen molar-refractivity contribution in [2.24, 2.45) is 4.99 Å². The maximum absolute atomic E-state index is 13.2. The van der Waals surface area contributed by atoms with Crippen LogP contribution in [0.25, 0.3) is 0 Å². The number of benzene rings is 3. The van der Waals surface area contributed by atoms with Crippen molar-refractivity contribution in [3.05, 3.63) is 82.9 Å². The zero-order valence-corrected chi connectivity index (χ0v) is 19.5. The molecule has 1 aliphatic heterocycles. The average molecular weight is 508 g/mol. The van der Waals surface area contributed by atoms with E-state index in [-0.39, 0.29) is 40.6 Å². The molecule has 4 rings (SSSR count). The molecule has 3 aromatic rings. The van der Waals surface area contributed by atoms with Gasteiger partial charge in [0, 0.05) is 5.56 Å². The molecule has 36 heavy (non-hydrogen) atoms. The van der Waals surface area contributed by atoms with Crippen molar-refractivity contribution < 1.29 is 35.9 Å². The van der Waals surface area contributed by atoms with Gasteiger partial charge in [0.15, 0.2) is 0 Å². The van der Waals surface area contributed by atoms with Crippen LogP contribution in [0.5, 0.6) is 11.5 Å². The molecule has 0 atom stereocenters. The fourth-order valence-corrected chi connectivity index (χ4v) is 3.50. The van der Waals surface area contributed by atoms with Gasteiger partial charge in [0.25, 0.3) is 0 Å². The van der Waals surface area contributed by atoms with Gasteiger partial charge in [0.1, 0.15) is 11.5 Å². The fourth-order valence-electron chi connectivity index (χ4n) is 3.50. The Labute approximate surface area is 203 Å². The Kier molecular flexibility index (Phi) is 7.76. The van der Waals surface area contributed by atoms with E-state index < -0.39 is 29.4 Å². The summed E-state index contributed by atoms with van der Waals surface area (Å²) < 4.78 is 84.2. The first-order valence-corrected chi connectivity index (χ1v) is 10.9. The van der Waals surface area contributed by atoms with E-state index >= 15 is 0 Å². The van der Waals surface area contributed by atoms with Crippen molar-refractivity contribution in [1.82, 2.24) is 0 Å². The molecule has 0 spiro atoms. The molecule has 0 saturated heterocycles. The maximum Gasteiger partial charge on any atom is 0.416 e. The second kappa shape index (κ2) is 10.4. The molecule has 0 unspecified atom stereocenters. The van der Waals surface area contributed by atoms with E-state index in [0.29, 0.717) is 5.56 Å². The summed E-state index contributed by atoms with van der Waals surface area (Å²) in [4.78, 5) is 16.8. The molecule has 0 aromatic heterocycles. The molecule has 190 valence electrons. The number of hydrogen-bond acceptors (Lipinski definition) is 3. The van der Waals surface area contributed by atoms with Crippen LogP contribution in [-0.4, -0.2) is 11.6 Å². The van der Waals surface area contributed by atoms with E-state index in [4.69, 9.17) is 4.74 Å². The van der Waals surface area contributed by atoms with Crippen molar-refractivity contribution in [1.29, 1.82) is 0 Å². The standard InChI is InChI=1S/C24H16F6N2O2.C2H6/c1-13-8-20-21(11-18(13)24(28,29)30)32-22(33)12-19(31-20)14-4-2-6-16(9-14)34-17-7-3-5-15(10-17)23(25,26)27;1-2/h2-11H,12H2,1H3,(H,32,33);1-2H3. The topological polar surface area (TPSA) is 50.7 Å². The molecular formula is C26H22F6N2O2. The van der Waals surface area contributed by atoms with E-state index in [0.717, 1.165) is 18.2 Å². The van der Waals surface area contributed by atoms with Gasteiger partial charge in [-0.1, -0.05) is 32.0 Å². The lowest BCUT2D eigenvalue weighted by molar-refractivity contribution is -0.138. The van der Waals surface area contributed by atoms with Crippen LogP contribution in [0.1, 0.15) is 42.5 Å². The lowest BCUT2D eigenvalue weighted by Gasteiger charge is -2.13. The smallest absolute Gasteiger partial charge is 0.416 e. The van der Waals surface area contributed by atoms with Gasteiger partial charge in [-0.15, -0.1) is 0 Å². The molecule has 0 fully saturated rings. The Morgan fingerprint density at radius 1 is 0.861 bits per heavy atom. The van der Waals surface area contributed by atoms with Crippen LogP contribution in [0.3, 0.4) is 0 Å².